The van der Waals surface area contributed by atoms with E-state index in [1.54, 1.807) is 6.07 Å². The molecule has 0 fully saturated rings. The van der Waals surface area contributed by atoms with Gasteiger partial charge in [-0.2, -0.15) is 5.26 Å². The maximum Gasteiger partial charge on any atom is 0.151 e. The molecule has 62 valence electrons. The van der Waals surface area contributed by atoms with Crippen molar-refractivity contribution in [2.24, 2.45) is 0 Å². The van der Waals surface area contributed by atoms with Crippen molar-refractivity contribution < 1.29 is 4.42 Å². The second-order valence-corrected chi connectivity index (χ2v) is 2.64. The van der Waals surface area contributed by atoms with E-state index in [0.29, 0.717) is 11.3 Å². The quantitative estimate of drug-likeness (QED) is 0.658. The molecule has 1 aromatic heterocycles. The van der Waals surface area contributed by atoms with Crippen LogP contribution in [-0.2, 0) is 0 Å². The molecule has 1 heterocycles. The monoisotopic (exact) mass is 169 g/mol. The molecule has 0 amide bonds. The van der Waals surface area contributed by atoms with E-state index in [1.165, 1.54) is 6.26 Å². The molecule has 2 heteroatoms. The predicted octanol–water partition coefficient (Wildman–Crippen LogP) is 2.82. The summed E-state index contributed by atoms with van der Waals surface area (Å²) in [7, 11) is 0. The molecular formula is C11H7NO. The fourth-order valence-electron chi connectivity index (χ4n) is 1.21. The number of rotatable bonds is 1. The van der Waals surface area contributed by atoms with Crippen LogP contribution in [0.5, 0.6) is 0 Å². The van der Waals surface area contributed by atoms with Gasteiger partial charge in [0.15, 0.2) is 5.76 Å². The van der Waals surface area contributed by atoms with E-state index in [-0.39, 0.29) is 0 Å². The van der Waals surface area contributed by atoms with Crippen LogP contribution in [0.2, 0.25) is 0 Å². The highest BCUT2D eigenvalue weighted by Crippen LogP contribution is 2.23. The summed E-state index contributed by atoms with van der Waals surface area (Å²) in [6.45, 7) is 0. The lowest BCUT2D eigenvalue weighted by Crippen LogP contribution is -1.76. The summed E-state index contributed by atoms with van der Waals surface area (Å²) >= 11 is 0. The van der Waals surface area contributed by atoms with Crippen molar-refractivity contribution in [3.63, 3.8) is 0 Å². The fraction of sp³-hybridized carbons (Fsp3) is 0. The molecule has 0 aliphatic heterocycles. The highest BCUT2D eigenvalue weighted by Gasteiger charge is 2.06. The van der Waals surface area contributed by atoms with Crippen LogP contribution in [0.4, 0.5) is 0 Å². The van der Waals surface area contributed by atoms with Crippen molar-refractivity contribution in [2.75, 3.05) is 0 Å². The van der Waals surface area contributed by atoms with E-state index >= 15 is 0 Å². The third-order valence-electron chi connectivity index (χ3n) is 1.82. The first-order valence-corrected chi connectivity index (χ1v) is 3.95. The zero-order valence-corrected chi connectivity index (χ0v) is 6.90. The molecule has 2 nitrogen and oxygen atoms in total. The van der Waals surface area contributed by atoms with Gasteiger partial charge in [-0.3, -0.25) is 0 Å². The topological polar surface area (TPSA) is 36.9 Å². The van der Waals surface area contributed by atoms with Crippen molar-refractivity contribution >= 4 is 0 Å². The molecule has 0 saturated heterocycles. The fourth-order valence-corrected chi connectivity index (χ4v) is 1.21. The summed E-state index contributed by atoms with van der Waals surface area (Å²) in [6, 6.07) is 13.3. The van der Waals surface area contributed by atoms with Gasteiger partial charge in [0.05, 0.1) is 11.8 Å². The minimum absolute atomic E-state index is 0.575. The third kappa shape index (κ3) is 1.32. The zero-order valence-electron chi connectivity index (χ0n) is 6.90. The molecule has 0 bridgehead atoms. The van der Waals surface area contributed by atoms with Crippen LogP contribution in [0.25, 0.3) is 11.3 Å². The van der Waals surface area contributed by atoms with Crippen LogP contribution < -0.4 is 0 Å². The van der Waals surface area contributed by atoms with Gasteiger partial charge in [-0.25, -0.2) is 0 Å². The highest BCUT2D eigenvalue weighted by molar-refractivity contribution is 5.64. The number of hydrogen-bond acceptors (Lipinski definition) is 2. The molecule has 0 unspecified atom stereocenters. The maximum atomic E-state index is 8.76. The van der Waals surface area contributed by atoms with Crippen LogP contribution in [-0.4, -0.2) is 0 Å². The average molecular weight is 169 g/mol. The van der Waals surface area contributed by atoms with E-state index in [0.717, 1.165) is 5.56 Å². The number of benzene rings is 1. The second-order valence-electron chi connectivity index (χ2n) is 2.64. The number of furan rings is 1. The molecular weight excluding hydrogens is 162 g/mol. The van der Waals surface area contributed by atoms with Gasteiger partial charge in [-0.15, -0.1) is 0 Å². The van der Waals surface area contributed by atoms with Crippen LogP contribution in [0.1, 0.15) is 5.56 Å². The van der Waals surface area contributed by atoms with Crippen molar-refractivity contribution in [1.29, 1.82) is 5.26 Å². The van der Waals surface area contributed by atoms with Crippen molar-refractivity contribution in [3.05, 3.63) is 48.2 Å². The minimum atomic E-state index is 0.575. The van der Waals surface area contributed by atoms with Crippen LogP contribution in [0.3, 0.4) is 0 Å². The summed E-state index contributed by atoms with van der Waals surface area (Å²) in [5.74, 6) is 0.642. The molecule has 1 aromatic carbocycles. The SMILES string of the molecule is N#Cc1ccoc1-c1ccccc1. The van der Waals surface area contributed by atoms with E-state index in [1.807, 2.05) is 30.3 Å². The van der Waals surface area contributed by atoms with Crippen molar-refractivity contribution in [2.45, 2.75) is 0 Å². The van der Waals surface area contributed by atoms with Crippen molar-refractivity contribution in [3.8, 4) is 17.4 Å². The standard InChI is InChI=1S/C11H7NO/c12-8-10-6-7-13-11(10)9-4-2-1-3-5-9/h1-7H. The molecule has 0 spiro atoms. The van der Waals surface area contributed by atoms with E-state index < -0.39 is 0 Å². The second kappa shape index (κ2) is 3.16. The molecule has 0 aliphatic rings. The van der Waals surface area contributed by atoms with Gasteiger partial charge in [-0.05, 0) is 6.07 Å². The Hall–Kier alpha value is -2.01. The van der Waals surface area contributed by atoms with Gasteiger partial charge >= 0.3 is 0 Å². The molecule has 2 aromatic rings. The number of nitrogens with zero attached hydrogens (tertiary/aromatic N) is 1. The van der Waals surface area contributed by atoms with E-state index in [2.05, 4.69) is 6.07 Å². The van der Waals surface area contributed by atoms with Gasteiger partial charge in [0.1, 0.15) is 6.07 Å². The Labute approximate surface area is 76.0 Å². The lowest BCUT2D eigenvalue weighted by Gasteiger charge is -1.95. The van der Waals surface area contributed by atoms with Gasteiger partial charge in [0.25, 0.3) is 0 Å². The van der Waals surface area contributed by atoms with Gasteiger partial charge in [0.2, 0.25) is 0 Å². The smallest absolute Gasteiger partial charge is 0.151 e. The summed E-state index contributed by atoms with van der Waals surface area (Å²) in [5, 5.41) is 8.76. The lowest BCUT2D eigenvalue weighted by atomic mass is 10.1. The molecule has 2 rings (SSSR count). The number of hydrogen-bond donors (Lipinski definition) is 0. The van der Waals surface area contributed by atoms with Crippen LogP contribution >= 0.6 is 0 Å². The summed E-state index contributed by atoms with van der Waals surface area (Å²) in [5.41, 5.74) is 1.51. The Morgan fingerprint density at radius 3 is 2.54 bits per heavy atom. The van der Waals surface area contributed by atoms with Crippen molar-refractivity contribution in [1.82, 2.24) is 0 Å². The molecule has 0 aliphatic carbocycles. The molecule has 0 saturated carbocycles. The summed E-state index contributed by atoms with van der Waals surface area (Å²) < 4.78 is 5.22. The van der Waals surface area contributed by atoms with Gasteiger partial charge in [-0.1, -0.05) is 30.3 Å². The highest BCUT2D eigenvalue weighted by atomic mass is 16.3. The number of nitriles is 1. The summed E-state index contributed by atoms with van der Waals surface area (Å²) in [6.07, 6.45) is 1.53. The Morgan fingerprint density at radius 1 is 1.08 bits per heavy atom. The Balaban J connectivity index is 2.54. The van der Waals surface area contributed by atoms with E-state index in [9.17, 15) is 0 Å². The van der Waals surface area contributed by atoms with Gasteiger partial charge < -0.3 is 4.42 Å². The average Bonchev–Trinajstić information content (AvgIpc) is 2.67. The Morgan fingerprint density at radius 2 is 1.85 bits per heavy atom. The van der Waals surface area contributed by atoms with Crippen LogP contribution in [0.15, 0.2) is 47.1 Å². The Bertz CT molecular complexity index is 437. The molecule has 0 radical (unpaired) electrons. The van der Waals surface area contributed by atoms with Crippen LogP contribution in [0, 0.1) is 11.3 Å². The molecule has 0 atom stereocenters. The first kappa shape index (κ1) is 7.63. The zero-order chi connectivity index (χ0) is 9.10. The largest absolute Gasteiger partial charge is 0.463 e. The van der Waals surface area contributed by atoms with E-state index in [4.69, 9.17) is 9.68 Å². The third-order valence-corrected chi connectivity index (χ3v) is 1.82. The predicted molar refractivity (Wildman–Crippen MR) is 48.9 cm³/mol. The Kier molecular flexibility index (Phi) is 1.85. The first-order chi connectivity index (χ1) is 6.42. The minimum Gasteiger partial charge on any atom is -0.463 e. The molecule has 0 N–H and O–H groups in total. The summed E-state index contributed by atoms with van der Waals surface area (Å²) in [4.78, 5) is 0. The first-order valence-electron chi connectivity index (χ1n) is 3.95. The molecule has 13 heavy (non-hydrogen) atoms. The lowest BCUT2D eigenvalue weighted by molar-refractivity contribution is 0.581. The maximum absolute atomic E-state index is 8.76. The van der Waals surface area contributed by atoms with Gasteiger partial charge in [0, 0.05) is 5.56 Å². The normalized spacial score (nSPS) is 9.46.